The molecule has 38 heavy (non-hydrogen) atoms. The number of hydrogen-bond donors (Lipinski definition) is 3. The Labute approximate surface area is 230 Å². The fraction of sp³-hybridized carbons (Fsp3) is 0.462. The second-order valence-corrected chi connectivity index (χ2v) is 12.2. The minimum atomic E-state index is -0.728. The van der Waals surface area contributed by atoms with Crippen LogP contribution in [0, 0.1) is 5.92 Å². The Bertz CT molecular complexity index is 1360. The molecule has 0 bridgehead atoms. The van der Waals surface area contributed by atoms with E-state index in [9.17, 15) is 5.11 Å². The van der Waals surface area contributed by atoms with E-state index in [1.165, 1.54) is 11.8 Å². The number of nitrogens with zero attached hydrogens (tertiary/aromatic N) is 6. The monoisotopic (exact) mass is 554 g/mol. The van der Waals surface area contributed by atoms with Gasteiger partial charge in [0.25, 0.3) is 0 Å². The van der Waals surface area contributed by atoms with Crippen molar-refractivity contribution in [2.24, 2.45) is 11.7 Å². The molecule has 0 unspecified atom stereocenters. The van der Waals surface area contributed by atoms with E-state index in [1.807, 2.05) is 32.0 Å². The summed E-state index contributed by atoms with van der Waals surface area (Å²) in [5.74, 6) is 2.59. The standard InChI is InChI=1S/C26H31ClN8O2S/c1-25(2,36)15-13-35(14-15)22-19(27)17(5-9-30-22)38-24-21(29)33-18(12-32-24)34-10-6-26(7-11-34)20(28)16-4-3-8-31-23(16)37-26/h3-5,8-9,12,15,20,36H,6-7,10-11,13-14,28H2,1-2H3,(H2,29,33)/t20-/m1/s1. The Morgan fingerprint density at radius 2 is 1.89 bits per heavy atom. The molecule has 0 aromatic carbocycles. The van der Waals surface area contributed by atoms with Gasteiger partial charge in [-0.3, -0.25) is 0 Å². The van der Waals surface area contributed by atoms with Gasteiger partial charge in [-0.25, -0.2) is 19.9 Å². The number of aromatic nitrogens is 4. The molecule has 12 heteroatoms. The average molecular weight is 555 g/mol. The first-order valence-electron chi connectivity index (χ1n) is 12.7. The van der Waals surface area contributed by atoms with E-state index in [1.54, 1.807) is 18.6 Å². The first-order chi connectivity index (χ1) is 18.1. The Morgan fingerprint density at radius 1 is 1.13 bits per heavy atom. The SMILES string of the molecule is CC(C)(O)C1CN(c2nccc(Sc3ncc(N4CCC5(CC4)Oc4ncccc4[C@H]5N)nc3N)c2Cl)C1. The quantitative estimate of drug-likeness (QED) is 0.428. The second-order valence-electron chi connectivity index (χ2n) is 10.8. The lowest BCUT2D eigenvalue weighted by atomic mass is 9.83. The first kappa shape index (κ1) is 25.4. The lowest BCUT2D eigenvalue weighted by molar-refractivity contribution is 0.00437. The molecule has 1 spiro atoms. The summed E-state index contributed by atoms with van der Waals surface area (Å²) in [5.41, 5.74) is 12.7. The number of aliphatic hydroxyl groups is 1. The molecule has 6 heterocycles. The number of rotatable bonds is 5. The molecule has 10 nitrogen and oxygen atoms in total. The summed E-state index contributed by atoms with van der Waals surface area (Å²) in [4.78, 5) is 23.1. The Hall–Kier alpha value is -2.86. The number of hydrogen-bond acceptors (Lipinski definition) is 11. The van der Waals surface area contributed by atoms with Crippen molar-refractivity contribution in [1.29, 1.82) is 0 Å². The molecular formula is C26H31ClN8O2S. The van der Waals surface area contributed by atoms with Crippen LogP contribution in [0.15, 0.2) is 46.7 Å². The van der Waals surface area contributed by atoms with Crippen molar-refractivity contribution < 1.29 is 9.84 Å². The largest absolute Gasteiger partial charge is 0.469 e. The molecule has 0 radical (unpaired) electrons. The van der Waals surface area contributed by atoms with Crippen molar-refractivity contribution >= 4 is 40.8 Å². The Morgan fingerprint density at radius 3 is 2.58 bits per heavy atom. The third-order valence-corrected chi connectivity index (χ3v) is 9.46. The van der Waals surface area contributed by atoms with Crippen molar-refractivity contribution in [3.8, 4) is 5.88 Å². The molecule has 3 aliphatic rings. The zero-order valence-electron chi connectivity index (χ0n) is 21.3. The van der Waals surface area contributed by atoms with Gasteiger partial charge in [0.2, 0.25) is 5.88 Å². The van der Waals surface area contributed by atoms with E-state index in [2.05, 4.69) is 29.7 Å². The highest BCUT2D eigenvalue weighted by molar-refractivity contribution is 7.99. The molecule has 3 aromatic rings. The van der Waals surface area contributed by atoms with Crippen molar-refractivity contribution in [2.75, 3.05) is 41.7 Å². The number of anilines is 3. The van der Waals surface area contributed by atoms with Gasteiger partial charge in [0.15, 0.2) is 5.82 Å². The minimum Gasteiger partial charge on any atom is -0.469 e. The fourth-order valence-electron chi connectivity index (χ4n) is 5.32. The van der Waals surface area contributed by atoms with Gasteiger partial charge in [-0.2, -0.15) is 0 Å². The maximum absolute atomic E-state index is 10.2. The van der Waals surface area contributed by atoms with Crippen LogP contribution < -0.4 is 26.0 Å². The molecule has 0 saturated carbocycles. The van der Waals surface area contributed by atoms with Crippen molar-refractivity contribution in [3.05, 3.63) is 47.4 Å². The minimum absolute atomic E-state index is 0.179. The molecule has 3 aliphatic heterocycles. The molecule has 0 aliphatic carbocycles. The number of nitrogen functional groups attached to an aromatic ring is 1. The van der Waals surface area contributed by atoms with E-state index in [4.69, 9.17) is 27.8 Å². The van der Waals surface area contributed by atoms with Gasteiger partial charge in [-0.15, -0.1) is 0 Å². The number of ether oxygens (including phenoxy) is 1. The third kappa shape index (κ3) is 4.41. The topological polar surface area (TPSA) is 140 Å². The predicted molar refractivity (Wildman–Crippen MR) is 148 cm³/mol. The molecule has 3 aromatic heterocycles. The van der Waals surface area contributed by atoms with Crippen molar-refractivity contribution in [1.82, 2.24) is 19.9 Å². The van der Waals surface area contributed by atoms with E-state index in [0.717, 1.165) is 42.2 Å². The number of fused-ring (bicyclic) bond motifs is 1. The number of piperidine rings is 1. The zero-order chi connectivity index (χ0) is 26.7. The van der Waals surface area contributed by atoms with Crippen molar-refractivity contribution in [3.63, 3.8) is 0 Å². The molecule has 6 rings (SSSR count). The number of pyridine rings is 2. The highest BCUT2D eigenvalue weighted by Gasteiger charge is 2.49. The summed E-state index contributed by atoms with van der Waals surface area (Å²) in [6.45, 7) is 6.52. The smallest absolute Gasteiger partial charge is 0.218 e. The van der Waals surface area contributed by atoms with E-state index in [0.29, 0.717) is 40.7 Å². The van der Waals surface area contributed by atoms with E-state index < -0.39 is 11.2 Å². The molecule has 0 amide bonds. The van der Waals surface area contributed by atoms with Gasteiger partial charge >= 0.3 is 0 Å². The molecular weight excluding hydrogens is 524 g/mol. The first-order valence-corrected chi connectivity index (χ1v) is 13.9. The average Bonchev–Trinajstić information content (AvgIpc) is 3.12. The molecule has 2 fully saturated rings. The van der Waals surface area contributed by atoms with E-state index in [-0.39, 0.29) is 12.0 Å². The highest BCUT2D eigenvalue weighted by Crippen LogP contribution is 2.46. The van der Waals surface area contributed by atoms with Crippen LogP contribution in [-0.4, -0.2) is 62.4 Å². The number of nitrogens with two attached hydrogens (primary N) is 2. The van der Waals surface area contributed by atoms with Crippen LogP contribution in [0.5, 0.6) is 5.88 Å². The van der Waals surface area contributed by atoms with Crippen LogP contribution in [0.25, 0.3) is 0 Å². The van der Waals surface area contributed by atoms with Crippen LogP contribution in [0.1, 0.15) is 38.3 Å². The summed E-state index contributed by atoms with van der Waals surface area (Å²) in [6.07, 6.45) is 6.72. The van der Waals surface area contributed by atoms with Crippen LogP contribution in [-0.2, 0) is 0 Å². The van der Waals surface area contributed by atoms with Crippen LogP contribution >= 0.6 is 23.4 Å². The predicted octanol–water partition coefficient (Wildman–Crippen LogP) is 3.29. The summed E-state index contributed by atoms with van der Waals surface area (Å²) >= 11 is 8.10. The Kier molecular flexibility index (Phi) is 6.29. The van der Waals surface area contributed by atoms with Crippen LogP contribution in [0.3, 0.4) is 0 Å². The summed E-state index contributed by atoms with van der Waals surface area (Å²) in [6, 6.07) is 5.54. The van der Waals surface area contributed by atoms with Gasteiger partial charge in [0.05, 0.1) is 22.9 Å². The Balaban J connectivity index is 1.12. The maximum Gasteiger partial charge on any atom is 0.218 e. The van der Waals surface area contributed by atoms with Gasteiger partial charge in [0.1, 0.15) is 22.3 Å². The lowest BCUT2D eigenvalue weighted by Gasteiger charge is -2.46. The van der Waals surface area contributed by atoms with Crippen LogP contribution in [0.4, 0.5) is 17.5 Å². The van der Waals surface area contributed by atoms with Crippen molar-refractivity contribution in [2.45, 2.75) is 53.9 Å². The van der Waals surface area contributed by atoms with Gasteiger partial charge in [-0.1, -0.05) is 29.4 Å². The highest BCUT2D eigenvalue weighted by atomic mass is 35.5. The van der Waals surface area contributed by atoms with Gasteiger partial charge < -0.3 is 31.1 Å². The van der Waals surface area contributed by atoms with Gasteiger partial charge in [-0.05, 0) is 26.0 Å². The fourth-order valence-corrected chi connectivity index (χ4v) is 6.44. The van der Waals surface area contributed by atoms with Crippen LogP contribution in [0.2, 0.25) is 5.02 Å². The van der Waals surface area contributed by atoms with E-state index >= 15 is 0 Å². The summed E-state index contributed by atoms with van der Waals surface area (Å²) in [7, 11) is 0. The summed E-state index contributed by atoms with van der Waals surface area (Å²) in [5, 5.41) is 11.4. The summed E-state index contributed by atoms with van der Waals surface area (Å²) < 4.78 is 6.25. The lowest BCUT2D eigenvalue weighted by Crippen LogP contribution is -2.56. The normalized spacial score (nSPS) is 20.8. The third-order valence-electron chi connectivity index (χ3n) is 7.91. The molecule has 1 atom stereocenters. The van der Waals surface area contributed by atoms with Gasteiger partial charge in [0, 0.05) is 67.8 Å². The zero-order valence-corrected chi connectivity index (χ0v) is 22.9. The molecule has 200 valence electrons. The number of halogens is 1. The molecule has 5 N–H and O–H groups in total. The molecule has 2 saturated heterocycles. The maximum atomic E-state index is 10.2. The second kappa shape index (κ2) is 9.41.